The number of imide groups is 2. The van der Waals surface area contributed by atoms with Crippen molar-refractivity contribution in [2.75, 3.05) is 13.7 Å². The number of carbonyl (C=O) groups excluding carboxylic acids is 3. The van der Waals surface area contributed by atoms with Crippen molar-refractivity contribution in [3.8, 4) is 11.5 Å². The lowest BCUT2D eigenvalue weighted by molar-refractivity contribution is -0.130. The summed E-state index contributed by atoms with van der Waals surface area (Å²) in [6.07, 6.45) is 1.76. The normalized spacial score (nSPS) is 15.7. The van der Waals surface area contributed by atoms with Crippen LogP contribution in [0.5, 0.6) is 11.5 Å². The van der Waals surface area contributed by atoms with E-state index in [-0.39, 0.29) is 28.6 Å². The summed E-state index contributed by atoms with van der Waals surface area (Å²) < 4.78 is 5.02. The van der Waals surface area contributed by atoms with Gasteiger partial charge in [0.15, 0.2) is 11.5 Å². The number of amides is 4. The molecule has 0 bridgehead atoms. The van der Waals surface area contributed by atoms with Gasteiger partial charge in [0, 0.05) is 6.54 Å². The number of methoxy groups -OCH3 is 1. The van der Waals surface area contributed by atoms with Crippen molar-refractivity contribution in [3.63, 3.8) is 0 Å². The van der Waals surface area contributed by atoms with Crippen LogP contribution in [0, 0.1) is 0 Å². The molecule has 1 fully saturated rings. The number of benzene rings is 2. The number of phenols is 1. The van der Waals surface area contributed by atoms with E-state index >= 15 is 0 Å². The molecule has 0 aliphatic carbocycles. The van der Waals surface area contributed by atoms with Gasteiger partial charge >= 0.3 is 6.03 Å². The molecule has 2 aromatic carbocycles. The molecule has 0 radical (unpaired) electrons. The summed E-state index contributed by atoms with van der Waals surface area (Å²) in [5, 5.41) is 12.0. The number of barbiturate groups is 1. The number of phenolic OH excluding ortho intramolecular Hbond substituents is 1. The van der Waals surface area contributed by atoms with Crippen LogP contribution in [-0.4, -0.2) is 41.5 Å². The van der Waals surface area contributed by atoms with Crippen LogP contribution in [0.2, 0.25) is 5.02 Å². The Kier molecular flexibility index (Phi) is 5.65. The third kappa shape index (κ3) is 3.99. The van der Waals surface area contributed by atoms with Crippen LogP contribution in [0.1, 0.15) is 11.1 Å². The monoisotopic (exact) mass is 400 g/mol. The molecule has 4 amide bonds. The zero-order valence-electron chi connectivity index (χ0n) is 14.9. The minimum absolute atomic E-state index is 0.00637. The Morgan fingerprint density at radius 2 is 1.89 bits per heavy atom. The first-order valence-electron chi connectivity index (χ1n) is 8.40. The quantitative estimate of drug-likeness (QED) is 0.594. The number of hydrogen-bond donors (Lipinski definition) is 2. The number of halogens is 1. The molecule has 144 valence electrons. The number of hydrogen-bond acceptors (Lipinski definition) is 5. The molecule has 1 heterocycles. The minimum atomic E-state index is -0.797. The van der Waals surface area contributed by atoms with Crippen LogP contribution >= 0.6 is 11.6 Å². The highest BCUT2D eigenvalue weighted by Gasteiger charge is 2.35. The summed E-state index contributed by atoms with van der Waals surface area (Å²) in [5.74, 6) is -1.65. The highest BCUT2D eigenvalue weighted by molar-refractivity contribution is 6.33. The second-order valence-electron chi connectivity index (χ2n) is 6.06. The Hall–Kier alpha value is -3.32. The van der Waals surface area contributed by atoms with E-state index in [4.69, 9.17) is 16.3 Å². The Morgan fingerprint density at radius 3 is 2.57 bits per heavy atom. The Bertz CT molecular complexity index is 972. The number of urea groups is 1. The molecule has 28 heavy (non-hydrogen) atoms. The molecule has 0 saturated carbocycles. The number of nitrogens with zero attached hydrogens (tertiary/aromatic N) is 1. The number of rotatable bonds is 5. The molecular formula is C20H17ClN2O5. The lowest BCUT2D eigenvalue weighted by atomic mass is 10.1. The van der Waals surface area contributed by atoms with Gasteiger partial charge in [-0.25, -0.2) is 4.79 Å². The molecule has 1 saturated heterocycles. The van der Waals surface area contributed by atoms with Gasteiger partial charge < -0.3 is 9.84 Å². The van der Waals surface area contributed by atoms with E-state index in [2.05, 4.69) is 5.32 Å². The summed E-state index contributed by atoms with van der Waals surface area (Å²) in [4.78, 5) is 38.0. The summed E-state index contributed by atoms with van der Waals surface area (Å²) in [7, 11) is 1.35. The van der Waals surface area contributed by atoms with E-state index in [1.54, 1.807) is 0 Å². The van der Waals surface area contributed by atoms with E-state index < -0.39 is 17.8 Å². The molecule has 1 aliphatic heterocycles. The van der Waals surface area contributed by atoms with Crippen LogP contribution in [0.25, 0.3) is 6.08 Å². The summed E-state index contributed by atoms with van der Waals surface area (Å²) >= 11 is 5.95. The third-order valence-corrected chi connectivity index (χ3v) is 4.52. The largest absolute Gasteiger partial charge is 0.503 e. The van der Waals surface area contributed by atoms with Gasteiger partial charge in [-0.3, -0.25) is 19.8 Å². The molecule has 2 N–H and O–H groups in total. The van der Waals surface area contributed by atoms with E-state index in [9.17, 15) is 19.5 Å². The van der Waals surface area contributed by atoms with Crippen molar-refractivity contribution in [2.24, 2.45) is 0 Å². The third-order valence-electron chi connectivity index (χ3n) is 4.23. The maximum Gasteiger partial charge on any atom is 0.331 e. The molecule has 7 nitrogen and oxygen atoms in total. The maximum absolute atomic E-state index is 12.7. The molecular weight excluding hydrogens is 384 g/mol. The highest BCUT2D eigenvalue weighted by atomic mass is 35.5. The lowest BCUT2D eigenvalue weighted by Gasteiger charge is -2.26. The first kappa shape index (κ1) is 19.4. The minimum Gasteiger partial charge on any atom is -0.503 e. The first-order chi connectivity index (χ1) is 13.4. The fourth-order valence-corrected chi connectivity index (χ4v) is 3.00. The summed E-state index contributed by atoms with van der Waals surface area (Å²) in [6.45, 7) is 0.124. The van der Waals surface area contributed by atoms with Gasteiger partial charge in [0.2, 0.25) is 0 Å². The zero-order valence-corrected chi connectivity index (χ0v) is 15.7. The number of ether oxygens (including phenoxy) is 1. The summed E-state index contributed by atoms with van der Waals surface area (Å²) in [6, 6.07) is 11.4. The first-order valence-corrected chi connectivity index (χ1v) is 8.78. The Morgan fingerprint density at radius 1 is 1.18 bits per heavy atom. The van der Waals surface area contributed by atoms with E-state index in [1.165, 1.54) is 25.3 Å². The molecule has 1 aliphatic rings. The van der Waals surface area contributed by atoms with Gasteiger partial charge in [-0.15, -0.1) is 0 Å². The van der Waals surface area contributed by atoms with Crippen LogP contribution in [0.4, 0.5) is 4.79 Å². The van der Waals surface area contributed by atoms with Crippen molar-refractivity contribution in [3.05, 3.63) is 64.2 Å². The topological polar surface area (TPSA) is 95.9 Å². The average molecular weight is 401 g/mol. The van der Waals surface area contributed by atoms with Crippen LogP contribution in [0.15, 0.2) is 48.0 Å². The lowest BCUT2D eigenvalue weighted by Crippen LogP contribution is -2.54. The highest BCUT2D eigenvalue weighted by Crippen LogP contribution is 2.35. The van der Waals surface area contributed by atoms with E-state index in [0.29, 0.717) is 12.0 Å². The molecule has 3 rings (SSSR count). The Labute approximate surface area is 166 Å². The number of carbonyl (C=O) groups is 3. The second kappa shape index (κ2) is 8.14. The van der Waals surface area contributed by atoms with Crippen molar-refractivity contribution in [2.45, 2.75) is 6.42 Å². The van der Waals surface area contributed by atoms with Crippen molar-refractivity contribution < 1.29 is 24.2 Å². The molecule has 2 aromatic rings. The predicted molar refractivity (Wildman–Crippen MR) is 103 cm³/mol. The van der Waals surface area contributed by atoms with Crippen molar-refractivity contribution in [1.82, 2.24) is 10.2 Å². The van der Waals surface area contributed by atoms with Crippen molar-refractivity contribution >= 4 is 35.5 Å². The maximum atomic E-state index is 12.7. The fraction of sp³-hybridized carbons (Fsp3) is 0.150. The molecule has 0 unspecified atom stereocenters. The molecule has 0 atom stereocenters. The predicted octanol–water partition coefficient (Wildman–Crippen LogP) is 2.76. The number of nitrogens with one attached hydrogen (secondary N) is 1. The fourth-order valence-electron chi connectivity index (χ4n) is 2.78. The van der Waals surface area contributed by atoms with Gasteiger partial charge in [0.05, 0.1) is 12.1 Å². The standard InChI is InChI=1S/C20H17ClN2O5/c1-28-16-11-13(10-15(21)17(16)24)9-14-18(25)22-20(27)23(19(14)26)8-7-12-5-3-2-4-6-12/h2-6,9-11,24H,7-8H2,1H3,(H,22,25,27)/b14-9+. The van der Waals surface area contributed by atoms with Gasteiger partial charge in [-0.1, -0.05) is 41.9 Å². The van der Waals surface area contributed by atoms with Gasteiger partial charge in [-0.2, -0.15) is 0 Å². The average Bonchev–Trinajstić information content (AvgIpc) is 2.68. The summed E-state index contributed by atoms with van der Waals surface area (Å²) in [5.41, 5.74) is 1.12. The van der Waals surface area contributed by atoms with Gasteiger partial charge in [0.25, 0.3) is 11.8 Å². The Balaban J connectivity index is 1.87. The second-order valence-corrected chi connectivity index (χ2v) is 6.47. The van der Waals surface area contributed by atoms with Gasteiger partial charge in [0.1, 0.15) is 5.57 Å². The van der Waals surface area contributed by atoms with E-state index in [1.807, 2.05) is 30.3 Å². The molecule has 8 heteroatoms. The smallest absolute Gasteiger partial charge is 0.331 e. The SMILES string of the molecule is COc1cc(/C=C2\C(=O)NC(=O)N(CCc3ccccc3)C2=O)cc(Cl)c1O. The van der Waals surface area contributed by atoms with Crippen LogP contribution in [0.3, 0.4) is 0 Å². The van der Waals surface area contributed by atoms with Crippen LogP contribution in [-0.2, 0) is 16.0 Å². The van der Waals surface area contributed by atoms with Crippen LogP contribution < -0.4 is 10.1 Å². The zero-order chi connectivity index (χ0) is 20.3. The molecule has 0 spiro atoms. The van der Waals surface area contributed by atoms with Crippen molar-refractivity contribution in [1.29, 1.82) is 0 Å². The van der Waals surface area contributed by atoms with Gasteiger partial charge in [-0.05, 0) is 35.8 Å². The molecule has 0 aromatic heterocycles. The van der Waals surface area contributed by atoms with E-state index in [0.717, 1.165) is 10.5 Å². The number of aromatic hydroxyl groups is 1.